The number of aromatic nitrogens is 1. The molecule has 1 amide bonds. The molecule has 0 saturated carbocycles. The average molecular weight is 594 g/mol. The average Bonchev–Trinajstić information content (AvgIpc) is 3.52. The zero-order valence-corrected chi connectivity index (χ0v) is 23.1. The molecule has 1 saturated heterocycles. The van der Waals surface area contributed by atoms with Crippen molar-refractivity contribution >= 4 is 44.9 Å². The monoisotopic (exact) mass is 592 g/mol. The first kappa shape index (κ1) is 26.1. The van der Waals surface area contributed by atoms with E-state index in [1.807, 2.05) is 53.4 Å². The molecule has 0 spiro atoms. The van der Waals surface area contributed by atoms with Crippen LogP contribution in [0.5, 0.6) is 0 Å². The third-order valence-electron chi connectivity index (χ3n) is 6.56. The van der Waals surface area contributed by atoms with Gasteiger partial charge < -0.3 is 20.0 Å². The van der Waals surface area contributed by atoms with Gasteiger partial charge in [0.25, 0.3) is 0 Å². The van der Waals surface area contributed by atoms with Gasteiger partial charge in [0, 0.05) is 29.3 Å². The van der Waals surface area contributed by atoms with Gasteiger partial charge in [-0.05, 0) is 72.7 Å². The minimum absolute atomic E-state index is 0.106. The summed E-state index contributed by atoms with van der Waals surface area (Å²) >= 11 is 8.99. The Morgan fingerprint density at radius 1 is 1.16 bits per heavy atom. The number of hydrogen-bond donors (Lipinski definition) is 2. The van der Waals surface area contributed by atoms with Crippen LogP contribution in [0.2, 0.25) is 0 Å². The van der Waals surface area contributed by atoms with Crippen molar-refractivity contribution < 1.29 is 13.6 Å². The van der Waals surface area contributed by atoms with Crippen LogP contribution in [-0.4, -0.2) is 27.4 Å². The lowest BCUT2D eigenvalue weighted by molar-refractivity contribution is -0.116. The van der Waals surface area contributed by atoms with E-state index in [0.29, 0.717) is 33.2 Å². The first-order chi connectivity index (χ1) is 18.4. The highest BCUT2D eigenvalue weighted by Gasteiger charge is 2.41. The number of carbonyl (C=O) groups excluding carboxylic acids is 1. The Morgan fingerprint density at radius 2 is 1.97 bits per heavy atom. The summed E-state index contributed by atoms with van der Waals surface area (Å²) in [4.78, 5) is 19.4. The molecule has 5 rings (SSSR count). The normalized spacial score (nSPS) is 16.9. The van der Waals surface area contributed by atoms with Crippen LogP contribution in [0, 0.1) is 5.82 Å². The highest BCUT2D eigenvalue weighted by atomic mass is 79.9. The van der Waals surface area contributed by atoms with Crippen LogP contribution in [-0.2, 0) is 11.2 Å². The van der Waals surface area contributed by atoms with E-state index in [0.717, 1.165) is 23.4 Å². The molecule has 2 aromatic heterocycles. The molecule has 2 aromatic carbocycles. The summed E-state index contributed by atoms with van der Waals surface area (Å²) in [5.41, 5.74) is 3.05. The molecule has 0 unspecified atom stereocenters. The van der Waals surface area contributed by atoms with Gasteiger partial charge >= 0.3 is 0 Å². The number of thiocarbonyl (C=S) groups is 1. The molecule has 1 aliphatic rings. The number of para-hydroxylation sites is 1. The van der Waals surface area contributed by atoms with Gasteiger partial charge in [-0.15, -0.1) is 0 Å². The van der Waals surface area contributed by atoms with Gasteiger partial charge in [0.05, 0.1) is 17.3 Å². The van der Waals surface area contributed by atoms with Crippen molar-refractivity contribution in [2.45, 2.75) is 31.8 Å². The summed E-state index contributed by atoms with van der Waals surface area (Å²) in [6.07, 6.45) is 2.77. The second-order valence-electron chi connectivity index (χ2n) is 8.96. The number of benzene rings is 2. The fourth-order valence-corrected chi connectivity index (χ4v) is 5.35. The molecule has 0 aliphatic carbocycles. The summed E-state index contributed by atoms with van der Waals surface area (Å²) in [6.45, 7) is 2.42. The van der Waals surface area contributed by atoms with E-state index in [2.05, 4.69) is 38.5 Å². The van der Waals surface area contributed by atoms with Gasteiger partial charge in [-0.3, -0.25) is 9.78 Å². The molecule has 9 heteroatoms. The van der Waals surface area contributed by atoms with E-state index < -0.39 is 0 Å². The summed E-state index contributed by atoms with van der Waals surface area (Å²) in [5.74, 6) is 0.520. The zero-order chi connectivity index (χ0) is 26.6. The summed E-state index contributed by atoms with van der Waals surface area (Å²) < 4.78 is 21.5. The maximum atomic E-state index is 14.7. The Kier molecular flexibility index (Phi) is 7.85. The lowest BCUT2D eigenvalue weighted by Gasteiger charge is -2.26. The Labute approximate surface area is 234 Å². The summed E-state index contributed by atoms with van der Waals surface area (Å²) in [7, 11) is 0. The van der Waals surface area contributed by atoms with E-state index in [1.54, 1.807) is 24.4 Å². The molecular weight excluding hydrogens is 567 g/mol. The summed E-state index contributed by atoms with van der Waals surface area (Å²) in [5, 5.41) is 6.87. The van der Waals surface area contributed by atoms with Gasteiger partial charge in [0.1, 0.15) is 23.4 Å². The summed E-state index contributed by atoms with van der Waals surface area (Å²) in [6, 6.07) is 21.2. The van der Waals surface area contributed by atoms with Crippen LogP contribution in [0.1, 0.15) is 42.4 Å². The van der Waals surface area contributed by atoms with Gasteiger partial charge in [0.2, 0.25) is 5.91 Å². The van der Waals surface area contributed by atoms with Crippen LogP contribution in [0.3, 0.4) is 0 Å². The maximum absolute atomic E-state index is 14.7. The molecule has 194 valence electrons. The van der Waals surface area contributed by atoms with Gasteiger partial charge in [-0.2, -0.15) is 0 Å². The topological polar surface area (TPSA) is 70.4 Å². The molecule has 1 fully saturated rings. The van der Waals surface area contributed by atoms with Crippen molar-refractivity contribution in [2.75, 3.05) is 11.9 Å². The van der Waals surface area contributed by atoms with Crippen molar-refractivity contribution in [3.05, 3.63) is 106 Å². The quantitative estimate of drug-likeness (QED) is 0.219. The molecule has 1 aliphatic heterocycles. The molecule has 0 bridgehead atoms. The first-order valence-electron chi connectivity index (χ1n) is 12.4. The number of nitrogens with one attached hydrogen (secondary N) is 2. The minimum Gasteiger partial charge on any atom is -0.459 e. The second-order valence-corrected chi connectivity index (χ2v) is 10.3. The van der Waals surface area contributed by atoms with Crippen LogP contribution in [0.25, 0.3) is 11.3 Å². The van der Waals surface area contributed by atoms with E-state index in [9.17, 15) is 9.18 Å². The maximum Gasteiger partial charge on any atom is 0.226 e. The lowest BCUT2D eigenvalue weighted by atomic mass is 10.0. The Morgan fingerprint density at radius 3 is 2.74 bits per heavy atom. The number of pyridine rings is 1. The fraction of sp³-hybridized carbons (Fsp3) is 0.207. The number of furan rings is 1. The van der Waals surface area contributed by atoms with Crippen LogP contribution in [0.15, 0.2) is 87.9 Å². The van der Waals surface area contributed by atoms with Gasteiger partial charge in [-0.25, -0.2) is 4.39 Å². The largest absolute Gasteiger partial charge is 0.459 e. The smallest absolute Gasteiger partial charge is 0.226 e. The van der Waals surface area contributed by atoms with Crippen molar-refractivity contribution in [1.82, 2.24) is 15.2 Å². The Balaban J connectivity index is 1.41. The third-order valence-corrected chi connectivity index (χ3v) is 7.41. The second kappa shape index (κ2) is 11.4. The van der Waals surface area contributed by atoms with E-state index >= 15 is 0 Å². The highest BCUT2D eigenvalue weighted by Crippen LogP contribution is 2.41. The number of nitrogens with zero attached hydrogens (tertiary/aromatic N) is 2. The number of rotatable bonds is 8. The van der Waals surface area contributed by atoms with Crippen LogP contribution < -0.4 is 10.6 Å². The number of aryl methyl sites for hydroxylation is 1. The number of halogens is 2. The van der Waals surface area contributed by atoms with E-state index in [4.69, 9.17) is 16.6 Å². The Hall–Kier alpha value is -3.56. The SMILES string of the molecule is CCc1ccccc1NC(=O)CCN1C(=S)N[C@H](c2ccccn2)[C@@H]1c1ccc(-c2ccc(Br)cc2F)o1. The molecule has 2 atom stereocenters. The van der Waals surface area contributed by atoms with Crippen molar-refractivity contribution in [1.29, 1.82) is 0 Å². The molecule has 0 radical (unpaired) electrons. The van der Waals surface area contributed by atoms with Crippen molar-refractivity contribution in [3.8, 4) is 11.3 Å². The van der Waals surface area contributed by atoms with Crippen molar-refractivity contribution in [3.63, 3.8) is 0 Å². The van der Waals surface area contributed by atoms with Crippen LogP contribution in [0.4, 0.5) is 10.1 Å². The predicted molar refractivity (Wildman–Crippen MR) is 153 cm³/mol. The molecule has 4 aromatic rings. The Bertz CT molecular complexity index is 1460. The van der Waals surface area contributed by atoms with E-state index in [-0.39, 0.29) is 30.2 Å². The van der Waals surface area contributed by atoms with Crippen molar-refractivity contribution in [2.24, 2.45) is 0 Å². The number of anilines is 1. The molecule has 6 nitrogen and oxygen atoms in total. The molecule has 3 heterocycles. The predicted octanol–water partition coefficient (Wildman–Crippen LogP) is 6.81. The molecule has 38 heavy (non-hydrogen) atoms. The first-order valence-corrected chi connectivity index (χ1v) is 13.6. The molecular formula is C29H26BrFN4O2S. The van der Waals surface area contributed by atoms with Crippen LogP contribution >= 0.6 is 28.1 Å². The standard InChI is InChI=1S/C29H26BrFN4O2S/c1-2-18-7-3-4-8-22(18)33-26(36)14-16-35-28(27(34-29(35)38)23-9-5-6-15-32-23)25-13-12-24(37-25)20-11-10-19(30)17-21(20)31/h3-13,15,17,27-28H,2,14,16H2,1H3,(H,33,36)(H,34,38)/t27-,28+/m1/s1. The number of hydrogen-bond acceptors (Lipinski definition) is 4. The fourth-order valence-electron chi connectivity index (χ4n) is 4.69. The highest BCUT2D eigenvalue weighted by molar-refractivity contribution is 9.10. The van der Waals surface area contributed by atoms with Gasteiger partial charge in [0.15, 0.2) is 5.11 Å². The zero-order valence-electron chi connectivity index (χ0n) is 20.7. The molecule has 2 N–H and O–H groups in total. The minimum atomic E-state index is -0.387. The number of carbonyl (C=O) groups is 1. The van der Waals surface area contributed by atoms with E-state index in [1.165, 1.54) is 6.07 Å². The van der Waals surface area contributed by atoms with Gasteiger partial charge in [-0.1, -0.05) is 47.1 Å². The number of amides is 1. The lowest BCUT2D eigenvalue weighted by Crippen LogP contribution is -2.32. The third kappa shape index (κ3) is 5.49.